The number of hydrogen-bond donors (Lipinski definition) is 1. The van der Waals surface area contributed by atoms with Crippen molar-refractivity contribution in [3.63, 3.8) is 0 Å². The number of rotatable bonds is 5. The van der Waals surface area contributed by atoms with Crippen LogP contribution in [-0.2, 0) is 4.65 Å². The Morgan fingerprint density at radius 3 is 2.14 bits per heavy atom. The molecule has 0 aliphatic rings. The van der Waals surface area contributed by atoms with Crippen molar-refractivity contribution in [3.8, 4) is 11.1 Å². The van der Waals surface area contributed by atoms with Gasteiger partial charge in [0.1, 0.15) is 22.3 Å². The van der Waals surface area contributed by atoms with Gasteiger partial charge in [0.15, 0.2) is 0 Å². The molecular formula is C30H26BO4. The molecule has 35 heavy (non-hydrogen) atoms. The summed E-state index contributed by atoms with van der Waals surface area (Å²) >= 11 is 0. The highest BCUT2D eigenvalue weighted by Crippen LogP contribution is 2.38. The normalized spacial score (nSPS) is 12.8. The van der Waals surface area contributed by atoms with Crippen molar-refractivity contribution in [1.82, 2.24) is 0 Å². The summed E-state index contributed by atoms with van der Waals surface area (Å²) in [7, 11) is 1.73. The molecule has 0 amide bonds. The molecule has 4 aromatic carbocycles. The molecule has 5 heteroatoms. The monoisotopic (exact) mass is 461 g/mol. The Balaban J connectivity index is 1.54. The van der Waals surface area contributed by atoms with Crippen LogP contribution in [0.4, 0.5) is 0 Å². The molecule has 6 rings (SSSR count). The minimum atomic E-state index is -1.01. The fraction of sp³-hybridized carbons (Fsp3) is 0.200. The van der Waals surface area contributed by atoms with E-state index in [0.717, 1.165) is 60.5 Å². The van der Waals surface area contributed by atoms with Crippen molar-refractivity contribution in [2.24, 2.45) is 0 Å². The first kappa shape index (κ1) is 22.0. The number of para-hydroxylation sites is 1. The van der Waals surface area contributed by atoms with Gasteiger partial charge in [-0.05, 0) is 74.6 Å². The Bertz CT molecular complexity index is 1720. The molecule has 6 aromatic rings. The lowest BCUT2D eigenvalue weighted by atomic mass is 9.80. The first-order valence-electron chi connectivity index (χ1n) is 11.8. The predicted octanol–water partition coefficient (Wildman–Crippen LogP) is 6.96. The zero-order valence-corrected chi connectivity index (χ0v) is 20.3. The van der Waals surface area contributed by atoms with E-state index in [9.17, 15) is 5.11 Å². The average molecular weight is 461 g/mol. The third-order valence-corrected chi connectivity index (χ3v) is 7.20. The lowest BCUT2D eigenvalue weighted by Crippen LogP contribution is -2.49. The summed E-state index contributed by atoms with van der Waals surface area (Å²) in [6.07, 6.45) is 0. The largest absolute Gasteiger partial charge is 0.456 e. The van der Waals surface area contributed by atoms with Crippen molar-refractivity contribution in [3.05, 3.63) is 78.9 Å². The second-order valence-electron chi connectivity index (χ2n) is 10.1. The van der Waals surface area contributed by atoms with Crippen LogP contribution in [0.1, 0.15) is 27.7 Å². The standard InChI is InChI=1S/C30H26BO4/c1-29(2,32)30(3,4)35-31-22-11-8-14-26-28(22)27-19(10-7-13-25(27)34-26)18-15-16-24-21(17-18)20-9-5-6-12-23(20)33-24/h5-17,32H,1-4H3. The summed E-state index contributed by atoms with van der Waals surface area (Å²) in [5, 5.41) is 14.7. The van der Waals surface area contributed by atoms with Gasteiger partial charge in [-0.15, -0.1) is 0 Å². The van der Waals surface area contributed by atoms with Crippen LogP contribution >= 0.6 is 0 Å². The molecule has 0 saturated heterocycles. The van der Waals surface area contributed by atoms with Crippen LogP contribution in [0.5, 0.6) is 0 Å². The van der Waals surface area contributed by atoms with Gasteiger partial charge in [-0.2, -0.15) is 0 Å². The molecule has 0 saturated carbocycles. The molecule has 2 aromatic heterocycles. The van der Waals surface area contributed by atoms with Crippen LogP contribution in [-0.4, -0.2) is 23.8 Å². The molecular weight excluding hydrogens is 435 g/mol. The Hall–Kier alpha value is -3.54. The Morgan fingerprint density at radius 1 is 0.686 bits per heavy atom. The van der Waals surface area contributed by atoms with Gasteiger partial charge in [0.2, 0.25) is 0 Å². The van der Waals surface area contributed by atoms with Crippen molar-refractivity contribution in [2.75, 3.05) is 0 Å². The minimum Gasteiger partial charge on any atom is -0.456 e. The lowest BCUT2D eigenvalue weighted by Gasteiger charge is -2.37. The molecule has 0 aliphatic carbocycles. The van der Waals surface area contributed by atoms with Gasteiger partial charge in [0.25, 0.3) is 0 Å². The lowest BCUT2D eigenvalue weighted by molar-refractivity contribution is -0.0893. The Morgan fingerprint density at radius 2 is 1.34 bits per heavy atom. The van der Waals surface area contributed by atoms with Gasteiger partial charge in [-0.1, -0.05) is 48.5 Å². The zero-order chi connectivity index (χ0) is 24.4. The van der Waals surface area contributed by atoms with Gasteiger partial charge in [0.05, 0.1) is 11.2 Å². The summed E-state index contributed by atoms with van der Waals surface area (Å²) in [5.41, 5.74) is 4.65. The van der Waals surface area contributed by atoms with Crippen LogP contribution in [0.15, 0.2) is 87.7 Å². The maximum absolute atomic E-state index is 10.5. The summed E-state index contributed by atoms with van der Waals surface area (Å²) in [6, 6.07) is 26.5. The molecule has 0 bridgehead atoms. The fourth-order valence-corrected chi connectivity index (χ4v) is 4.48. The van der Waals surface area contributed by atoms with Gasteiger partial charge in [-0.3, -0.25) is 0 Å². The van der Waals surface area contributed by atoms with Crippen LogP contribution < -0.4 is 5.46 Å². The second-order valence-corrected chi connectivity index (χ2v) is 10.1. The average Bonchev–Trinajstić information content (AvgIpc) is 3.40. The molecule has 173 valence electrons. The van der Waals surface area contributed by atoms with Gasteiger partial charge in [0, 0.05) is 21.5 Å². The molecule has 0 aliphatic heterocycles. The second kappa shape index (κ2) is 7.74. The van der Waals surface area contributed by atoms with E-state index in [2.05, 4.69) is 24.3 Å². The van der Waals surface area contributed by atoms with E-state index >= 15 is 0 Å². The van der Waals surface area contributed by atoms with E-state index < -0.39 is 11.2 Å². The summed E-state index contributed by atoms with van der Waals surface area (Å²) < 4.78 is 18.4. The number of hydrogen-bond acceptors (Lipinski definition) is 4. The Labute approximate surface area is 204 Å². The van der Waals surface area contributed by atoms with E-state index in [1.807, 2.05) is 68.4 Å². The van der Waals surface area contributed by atoms with E-state index in [1.54, 1.807) is 21.3 Å². The van der Waals surface area contributed by atoms with Crippen LogP contribution in [0.2, 0.25) is 0 Å². The van der Waals surface area contributed by atoms with Crippen molar-refractivity contribution >= 4 is 56.8 Å². The van der Waals surface area contributed by atoms with E-state index in [4.69, 9.17) is 13.5 Å². The SMILES string of the molecule is CC(C)(O)C(C)(C)O[B]c1cccc2oc3cccc(-c4ccc5oc6ccccc6c5c4)c3c12. The highest BCUT2D eigenvalue weighted by Gasteiger charge is 2.36. The fourth-order valence-electron chi connectivity index (χ4n) is 4.48. The number of aliphatic hydroxyl groups is 1. The topological polar surface area (TPSA) is 55.7 Å². The summed E-state index contributed by atoms with van der Waals surface area (Å²) in [4.78, 5) is 0. The highest BCUT2D eigenvalue weighted by atomic mass is 16.5. The molecule has 0 atom stereocenters. The number of benzene rings is 4. The van der Waals surface area contributed by atoms with Gasteiger partial charge >= 0.3 is 7.48 Å². The van der Waals surface area contributed by atoms with Crippen molar-refractivity contribution in [2.45, 2.75) is 38.9 Å². The van der Waals surface area contributed by atoms with Crippen molar-refractivity contribution < 1.29 is 18.6 Å². The van der Waals surface area contributed by atoms with Gasteiger partial charge in [-0.25, -0.2) is 0 Å². The number of furan rings is 2. The smallest absolute Gasteiger partial charge is 0.331 e. The molecule has 0 unspecified atom stereocenters. The third-order valence-electron chi connectivity index (χ3n) is 7.20. The first-order valence-corrected chi connectivity index (χ1v) is 11.8. The van der Waals surface area contributed by atoms with Crippen LogP contribution in [0.25, 0.3) is 55.0 Å². The molecule has 2 heterocycles. The zero-order valence-electron chi connectivity index (χ0n) is 20.3. The molecule has 1 N–H and O–H groups in total. The van der Waals surface area contributed by atoms with Crippen LogP contribution in [0.3, 0.4) is 0 Å². The molecule has 1 radical (unpaired) electrons. The van der Waals surface area contributed by atoms with E-state index in [-0.39, 0.29) is 0 Å². The molecule has 0 spiro atoms. The predicted molar refractivity (Wildman–Crippen MR) is 143 cm³/mol. The van der Waals surface area contributed by atoms with E-state index in [1.165, 1.54) is 0 Å². The van der Waals surface area contributed by atoms with Crippen LogP contribution in [0, 0.1) is 0 Å². The maximum atomic E-state index is 10.5. The molecule has 4 nitrogen and oxygen atoms in total. The number of fused-ring (bicyclic) bond motifs is 6. The van der Waals surface area contributed by atoms with E-state index in [0.29, 0.717) is 0 Å². The Kier molecular flexibility index (Phi) is 4.86. The van der Waals surface area contributed by atoms with Crippen molar-refractivity contribution in [1.29, 1.82) is 0 Å². The summed E-state index contributed by atoms with van der Waals surface area (Å²) in [6.45, 7) is 7.27. The third kappa shape index (κ3) is 3.54. The quantitative estimate of drug-likeness (QED) is 0.282. The first-order chi connectivity index (χ1) is 16.7. The maximum Gasteiger partial charge on any atom is 0.331 e. The summed E-state index contributed by atoms with van der Waals surface area (Å²) in [5.74, 6) is 0. The van der Waals surface area contributed by atoms with Gasteiger partial charge < -0.3 is 18.6 Å². The molecule has 0 fully saturated rings. The minimum absolute atomic E-state index is 0.773. The highest BCUT2D eigenvalue weighted by molar-refractivity contribution is 6.53.